The van der Waals surface area contributed by atoms with Gasteiger partial charge in [-0.25, -0.2) is 13.8 Å². The van der Waals surface area contributed by atoms with Crippen molar-refractivity contribution in [3.63, 3.8) is 0 Å². The molecule has 1 spiro atoms. The summed E-state index contributed by atoms with van der Waals surface area (Å²) in [6, 6.07) is 12.2. The summed E-state index contributed by atoms with van der Waals surface area (Å²) in [5.74, 6) is -1.43. The van der Waals surface area contributed by atoms with E-state index >= 15 is 0 Å². The summed E-state index contributed by atoms with van der Waals surface area (Å²) in [5.41, 5.74) is -0.0793. The number of hydrogen-bond acceptors (Lipinski definition) is 3. The zero-order valence-electron chi connectivity index (χ0n) is 15.1. The van der Waals surface area contributed by atoms with Crippen molar-refractivity contribution in [2.24, 2.45) is 10.5 Å². The van der Waals surface area contributed by atoms with Crippen molar-refractivity contribution in [3.05, 3.63) is 71.3 Å². The van der Waals surface area contributed by atoms with Gasteiger partial charge in [-0.1, -0.05) is 18.2 Å². The Labute approximate surface area is 161 Å². The van der Waals surface area contributed by atoms with Crippen molar-refractivity contribution in [3.8, 4) is 0 Å². The Kier molecular flexibility index (Phi) is 4.66. The highest BCUT2D eigenvalue weighted by Gasteiger charge is 2.47. The van der Waals surface area contributed by atoms with Crippen LogP contribution in [0, 0.1) is 17.0 Å². The van der Waals surface area contributed by atoms with Crippen LogP contribution in [0.5, 0.6) is 0 Å². The van der Waals surface area contributed by atoms with E-state index < -0.39 is 17.0 Å². The zero-order chi connectivity index (χ0) is 19.7. The summed E-state index contributed by atoms with van der Waals surface area (Å²) in [6.07, 6.45) is 2.50. The monoisotopic (exact) mass is 383 g/mol. The lowest BCUT2D eigenvalue weighted by atomic mass is 9.79. The molecule has 2 aromatic carbocycles. The molecule has 0 unspecified atom stereocenters. The van der Waals surface area contributed by atoms with E-state index in [2.05, 4.69) is 5.10 Å². The van der Waals surface area contributed by atoms with Crippen LogP contribution in [0.4, 0.5) is 8.78 Å². The van der Waals surface area contributed by atoms with Gasteiger partial charge in [0.25, 0.3) is 11.8 Å². The van der Waals surface area contributed by atoms with Gasteiger partial charge in [0.15, 0.2) is 0 Å². The first-order valence-electron chi connectivity index (χ1n) is 9.14. The Balaban J connectivity index is 1.42. The average molecular weight is 383 g/mol. The standard InChI is InChI=1S/C21H19F2N3O2/c22-17-6-7-18(23)16(12-17)13-26-20(28)21(14-24-26)8-10-25(11-9-21)19(27)15-4-2-1-3-5-15/h1-7,12,14H,8-11,13H2. The minimum atomic E-state index is -0.780. The van der Waals surface area contributed by atoms with Gasteiger partial charge in [0.05, 0.1) is 12.0 Å². The van der Waals surface area contributed by atoms with Crippen LogP contribution in [-0.4, -0.2) is 41.0 Å². The van der Waals surface area contributed by atoms with Gasteiger partial charge in [0.2, 0.25) is 0 Å². The molecule has 0 aliphatic carbocycles. The average Bonchev–Trinajstić information content (AvgIpc) is 3.01. The number of piperidine rings is 1. The van der Waals surface area contributed by atoms with Crippen LogP contribution in [0.2, 0.25) is 0 Å². The van der Waals surface area contributed by atoms with Gasteiger partial charge in [0.1, 0.15) is 11.6 Å². The molecule has 2 aromatic rings. The van der Waals surface area contributed by atoms with Gasteiger partial charge in [-0.2, -0.15) is 5.10 Å². The summed E-state index contributed by atoms with van der Waals surface area (Å²) in [7, 11) is 0. The molecule has 1 saturated heterocycles. The molecule has 2 aliphatic rings. The number of benzene rings is 2. The molecule has 28 heavy (non-hydrogen) atoms. The number of likely N-dealkylation sites (tertiary alicyclic amines) is 1. The molecule has 7 heteroatoms. The Hall–Kier alpha value is -3.09. The number of nitrogens with zero attached hydrogens (tertiary/aromatic N) is 3. The minimum Gasteiger partial charge on any atom is -0.339 e. The summed E-state index contributed by atoms with van der Waals surface area (Å²) < 4.78 is 27.3. The molecular weight excluding hydrogens is 364 g/mol. The summed E-state index contributed by atoms with van der Waals surface area (Å²) in [6.45, 7) is 0.759. The smallest absolute Gasteiger partial charge is 0.254 e. The van der Waals surface area contributed by atoms with Crippen LogP contribution in [0.15, 0.2) is 53.6 Å². The highest BCUT2D eigenvalue weighted by molar-refractivity contribution is 6.02. The van der Waals surface area contributed by atoms with E-state index in [-0.39, 0.29) is 23.9 Å². The number of carbonyl (C=O) groups is 2. The van der Waals surface area contributed by atoms with Crippen LogP contribution in [-0.2, 0) is 11.3 Å². The normalized spacial score (nSPS) is 18.1. The molecule has 5 nitrogen and oxygen atoms in total. The van der Waals surface area contributed by atoms with Crippen molar-refractivity contribution < 1.29 is 18.4 Å². The van der Waals surface area contributed by atoms with E-state index in [1.807, 2.05) is 18.2 Å². The van der Waals surface area contributed by atoms with Crippen LogP contribution < -0.4 is 0 Å². The fourth-order valence-corrected chi connectivity index (χ4v) is 3.70. The Morgan fingerprint density at radius 1 is 1.07 bits per heavy atom. The molecule has 0 aromatic heterocycles. The number of halogens is 2. The zero-order valence-corrected chi connectivity index (χ0v) is 15.1. The molecule has 4 rings (SSSR count). The maximum absolute atomic E-state index is 13.9. The fraction of sp³-hybridized carbons (Fsp3) is 0.286. The van der Waals surface area contributed by atoms with Crippen LogP contribution in [0.3, 0.4) is 0 Å². The number of amides is 2. The Bertz CT molecular complexity index is 938. The summed E-state index contributed by atoms with van der Waals surface area (Å²) in [5, 5.41) is 5.34. The molecule has 2 heterocycles. The maximum Gasteiger partial charge on any atom is 0.254 e. The molecule has 0 atom stereocenters. The van der Waals surface area contributed by atoms with Crippen molar-refractivity contribution in [1.29, 1.82) is 0 Å². The first-order valence-corrected chi connectivity index (χ1v) is 9.14. The van der Waals surface area contributed by atoms with Crippen LogP contribution in [0.25, 0.3) is 0 Å². The number of hydrogen-bond donors (Lipinski definition) is 0. The van der Waals surface area contributed by atoms with E-state index in [9.17, 15) is 18.4 Å². The third kappa shape index (κ3) is 3.28. The largest absolute Gasteiger partial charge is 0.339 e. The topological polar surface area (TPSA) is 53.0 Å². The second-order valence-electron chi connectivity index (χ2n) is 7.16. The molecule has 144 valence electrons. The highest BCUT2D eigenvalue weighted by Crippen LogP contribution is 2.36. The van der Waals surface area contributed by atoms with Crippen molar-refractivity contribution in [1.82, 2.24) is 9.91 Å². The molecule has 2 aliphatic heterocycles. The highest BCUT2D eigenvalue weighted by atomic mass is 19.1. The lowest BCUT2D eigenvalue weighted by Crippen LogP contribution is -2.48. The van der Waals surface area contributed by atoms with E-state index in [1.165, 1.54) is 5.01 Å². The first kappa shape index (κ1) is 18.3. The van der Waals surface area contributed by atoms with Crippen molar-refractivity contribution >= 4 is 18.0 Å². The molecule has 0 radical (unpaired) electrons. The molecular formula is C21H19F2N3O2. The first-order chi connectivity index (χ1) is 13.5. The fourth-order valence-electron chi connectivity index (χ4n) is 3.70. The van der Waals surface area contributed by atoms with Crippen LogP contribution in [0.1, 0.15) is 28.8 Å². The van der Waals surface area contributed by atoms with Gasteiger partial charge in [-0.15, -0.1) is 0 Å². The Morgan fingerprint density at radius 3 is 2.50 bits per heavy atom. The van der Waals surface area contributed by atoms with E-state index in [0.717, 1.165) is 18.2 Å². The molecule has 1 fully saturated rings. The molecule has 0 N–H and O–H groups in total. The quantitative estimate of drug-likeness (QED) is 0.817. The molecule has 2 amide bonds. The SMILES string of the molecule is O=C(c1ccccc1)N1CCC2(C=NN(Cc3cc(F)ccc3F)C2=O)CC1. The van der Waals surface area contributed by atoms with Gasteiger partial charge >= 0.3 is 0 Å². The number of hydrazone groups is 1. The van der Waals surface area contributed by atoms with Gasteiger partial charge in [-0.3, -0.25) is 9.59 Å². The van der Waals surface area contributed by atoms with Crippen molar-refractivity contribution in [2.45, 2.75) is 19.4 Å². The number of rotatable bonds is 3. The second-order valence-corrected chi connectivity index (χ2v) is 7.16. The third-order valence-electron chi connectivity index (χ3n) is 5.40. The predicted molar refractivity (Wildman–Crippen MR) is 99.4 cm³/mol. The lowest BCUT2D eigenvalue weighted by molar-refractivity contribution is -0.138. The summed E-state index contributed by atoms with van der Waals surface area (Å²) in [4.78, 5) is 27.2. The van der Waals surface area contributed by atoms with Gasteiger partial charge in [-0.05, 0) is 43.2 Å². The molecule has 0 bridgehead atoms. The third-order valence-corrected chi connectivity index (χ3v) is 5.40. The second kappa shape index (κ2) is 7.14. The van der Waals surface area contributed by atoms with E-state index in [4.69, 9.17) is 0 Å². The summed E-state index contributed by atoms with van der Waals surface area (Å²) >= 11 is 0. The lowest BCUT2D eigenvalue weighted by Gasteiger charge is -2.36. The molecule has 0 saturated carbocycles. The van der Waals surface area contributed by atoms with Crippen LogP contribution >= 0.6 is 0 Å². The Morgan fingerprint density at radius 2 is 1.79 bits per heavy atom. The maximum atomic E-state index is 13.9. The minimum absolute atomic E-state index is 0.0588. The van der Waals surface area contributed by atoms with Gasteiger partial charge in [0, 0.05) is 30.4 Å². The van der Waals surface area contributed by atoms with Crippen molar-refractivity contribution in [2.75, 3.05) is 13.1 Å². The number of carbonyl (C=O) groups excluding carboxylic acids is 2. The van der Waals surface area contributed by atoms with E-state index in [0.29, 0.717) is 31.5 Å². The van der Waals surface area contributed by atoms with E-state index in [1.54, 1.807) is 23.2 Å². The predicted octanol–water partition coefficient (Wildman–Crippen LogP) is 3.22. The van der Waals surface area contributed by atoms with Gasteiger partial charge < -0.3 is 4.90 Å².